The van der Waals surface area contributed by atoms with E-state index in [1.54, 1.807) is 28.3 Å². The average Bonchev–Trinajstić information content (AvgIpc) is 3.55. The second-order valence-corrected chi connectivity index (χ2v) is 8.81. The summed E-state index contributed by atoms with van der Waals surface area (Å²) in [5.41, 5.74) is 0.523. The topological polar surface area (TPSA) is 93.4 Å². The van der Waals surface area contributed by atoms with Gasteiger partial charge in [-0.3, -0.25) is 14.5 Å². The SMILES string of the molecule is CCOc1ccccc1N1C(=O)CC(N2CCC(n3nnc(-c4cccs4)n3)CC2)C1=O. The molecule has 2 fully saturated rings. The number of para-hydroxylation sites is 2. The summed E-state index contributed by atoms with van der Waals surface area (Å²) in [7, 11) is 0. The largest absolute Gasteiger partial charge is 0.492 e. The van der Waals surface area contributed by atoms with Crippen LogP contribution < -0.4 is 9.64 Å². The van der Waals surface area contributed by atoms with Crippen molar-refractivity contribution in [1.29, 1.82) is 0 Å². The number of anilines is 1. The lowest BCUT2D eigenvalue weighted by molar-refractivity contribution is -0.123. The molecule has 2 saturated heterocycles. The number of hydrogen-bond acceptors (Lipinski definition) is 8. The second-order valence-electron chi connectivity index (χ2n) is 7.87. The van der Waals surface area contributed by atoms with Crippen molar-refractivity contribution in [2.75, 3.05) is 24.6 Å². The van der Waals surface area contributed by atoms with Gasteiger partial charge in [0.15, 0.2) is 0 Å². The molecular formula is C22H24N6O3S. The van der Waals surface area contributed by atoms with Crippen molar-refractivity contribution in [1.82, 2.24) is 25.1 Å². The summed E-state index contributed by atoms with van der Waals surface area (Å²) < 4.78 is 5.64. The van der Waals surface area contributed by atoms with Crippen LogP contribution in [0.15, 0.2) is 41.8 Å². The van der Waals surface area contributed by atoms with Crippen molar-refractivity contribution in [3.63, 3.8) is 0 Å². The number of tetrazole rings is 1. The van der Waals surface area contributed by atoms with Crippen LogP contribution in [0, 0.1) is 0 Å². The quantitative estimate of drug-likeness (QED) is 0.531. The molecule has 1 unspecified atom stereocenters. The Balaban J connectivity index is 1.26. The fourth-order valence-electron chi connectivity index (χ4n) is 4.39. The summed E-state index contributed by atoms with van der Waals surface area (Å²) in [5, 5.41) is 15.0. The number of likely N-dealkylation sites (tertiary alicyclic amines) is 1. The highest BCUT2D eigenvalue weighted by Crippen LogP contribution is 2.34. The molecule has 2 amide bonds. The minimum Gasteiger partial charge on any atom is -0.492 e. The number of rotatable bonds is 6. The molecule has 2 aliphatic rings. The highest BCUT2D eigenvalue weighted by Gasteiger charge is 2.44. The van der Waals surface area contributed by atoms with Crippen molar-refractivity contribution in [3.8, 4) is 16.5 Å². The molecule has 2 aromatic heterocycles. The van der Waals surface area contributed by atoms with Gasteiger partial charge in [0.1, 0.15) is 5.75 Å². The van der Waals surface area contributed by atoms with Gasteiger partial charge in [0.2, 0.25) is 11.7 Å². The molecule has 9 nitrogen and oxygen atoms in total. The zero-order chi connectivity index (χ0) is 22.1. The van der Waals surface area contributed by atoms with Crippen LogP contribution in [0.3, 0.4) is 0 Å². The summed E-state index contributed by atoms with van der Waals surface area (Å²) in [4.78, 5) is 32.1. The molecule has 32 heavy (non-hydrogen) atoms. The number of piperidine rings is 1. The summed E-state index contributed by atoms with van der Waals surface area (Å²) >= 11 is 1.59. The number of nitrogens with zero attached hydrogens (tertiary/aromatic N) is 6. The van der Waals surface area contributed by atoms with Gasteiger partial charge in [-0.05, 0) is 48.6 Å². The second kappa shape index (κ2) is 8.79. The predicted octanol–water partition coefficient (Wildman–Crippen LogP) is 2.77. The van der Waals surface area contributed by atoms with Crippen LogP contribution in [0.5, 0.6) is 5.75 Å². The van der Waals surface area contributed by atoms with E-state index in [2.05, 4.69) is 20.3 Å². The third-order valence-electron chi connectivity index (χ3n) is 5.97. The monoisotopic (exact) mass is 452 g/mol. The van der Waals surface area contributed by atoms with Gasteiger partial charge in [-0.1, -0.05) is 18.2 Å². The fraction of sp³-hybridized carbons (Fsp3) is 0.409. The van der Waals surface area contributed by atoms with E-state index in [0.29, 0.717) is 37.0 Å². The molecule has 10 heteroatoms. The van der Waals surface area contributed by atoms with Crippen LogP contribution in [0.25, 0.3) is 10.7 Å². The maximum absolute atomic E-state index is 13.2. The zero-order valence-electron chi connectivity index (χ0n) is 17.8. The summed E-state index contributed by atoms with van der Waals surface area (Å²) in [6, 6.07) is 10.8. The molecule has 166 valence electrons. The Morgan fingerprint density at radius 1 is 1.12 bits per heavy atom. The third-order valence-corrected chi connectivity index (χ3v) is 6.83. The predicted molar refractivity (Wildman–Crippen MR) is 119 cm³/mol. The number of amides is 2. The van der Waals surface area contributed by atoms with E-state index in [-0.39, 0.29) is 24.3 Å². The molecule has 3 aromatic rings. The molecule has 1 atom stereocenters. The lowest BCUT2D eigenvalue weighted by atomic mass is 10.0. The molecule has 5 rings (SSSR count). The van der Waals surface area contributed by atoms with Gasteiger partial charge < -0.3 is 4.74 Å². The van der Waals surface area contributed by atoms with Gasteiger partial charge in [-0.2, -0.15) is 4.80 Å². The van der Waals surface area contributed by atoms with Gasteiger partial charge in [0, 0.05) is 13.1 Å². The number of thiophene rings is 1. The summed E-state index contributed by atoms with van der Waals surface area (Å²) in [6.07, 6.45) is 1.79. The van der Waals surface area contributed by atoms with E-state index in [9.17, 15) is 9.59 Å². The molecule has 0 spiro atoms. The molecule has 4 heterocycles. The van der Waals surface area contributed by atoms with Gasteiger partial charge in [0.05, 0.1) is 35.7 Å². The van der Waals surface area contributed by atoms with E-state index in [1.807, 2.05) is 36.6 Å². The lowest BCUT2D eigenvalue weighted by Gasteiger charge is -2.34. The number of benzene rings is 1. The van der Waals surface area contributed by atoms with Gasteiger partial charge in [-0.25, -0.2) is 4.90 Å². The van der Waals surface area contributed by atoms with E-state index < -0.39 is 6.04 Å². The smallest absolute Gasteiger partial charge is 0.251 e. The van der Waals surface area contributed by atoms with Crippen LogP contribution >= 0.6 is 11.3 Å². The fourth-order valence-corrected chi connectivity index (χ4v) is 5.03. The number of aromatic nitrogens is 4. The molecule has 0 saturated carbocycles. The number of carbonyl (C=O) groups excluding carboxylic acids is 2. The van der Waals surface area contributed by atoms with Crippen molar-refractivity contribution < 1.29 is 14.3 Å². The van der Waals surface area contributed by atoms with E-state index in [0.717, 1.165) is 17.7 Å². The Labute approximate surface area is 189 Å². The number of ether oxygens (including phenoxy) is 1. The molecule has 0 radical (unpaired) electrons. The summed E-state index contributed by atoms with van der Waals surface area (Å²) in [6.45, 7) is 3.75. The number of imide groups is 1. The maximum atomic E-state index is 13.2. The number of carbonyl (C=O) groups is 2. The minimum absolute atomic E-state index is 0.134. The van der Waals surface area contributed by atoms with E-state index in [1.165, 1.54) is 4.90 Å². The Morgan fingerprint density at radius 2 is 1.94 bits per heavy atom. The molecule has 0 aliphatic carbocycles. The highest BCUT2D eigenvalue weighted by molar-refractivity contribution is 7.13. The van der Waals surface area contributed by atoms with Crippen LogP contribution in [0.4, 0.5) is 5.69 Å². The standard InChI is InChI=1S/C22H24N6O3S/c1-2-31-18-7-4-3-6-16(18)27-20(29)14-17(22(27)30)26-11-9-15(10-12-26)28-24-21(23-25-28)19-8-5-13-32-19/h3-8,13,15,17H,2,9-12,14H2,1H3. The zero-order valence-corrected chi connectivity index (χ0v) is 18.6. The first-order valence-electron chi connectivity index (χ1n) is 10.8. The van der Waals surface area contributed by atoms with Crippen molar-refractivity contribution in [3.05, 3.63) is 41.8 Å². The van der Waals surface area contributed by atoms with Crippen LogP contribution in [0.2, 0.25) is 0 Å². The molecule has 0 bridgehead atoms. The Hall–Kier alpha value is -3.11. The Morgan fingerprint density at radius 3 is 2.69 bits per heavy atom. The molecule has 2 aliphatic heterocycles. The van der Waals surface area contributed by atoms with Gasteiger partial charge in [0.25, 0.3) is 5.91 Å². The van der Waals surface area contributed by atoms with E-state index in [4.69, 9.17) is 4.74 Å². The molecule has 0 N–H and O–H groups in total. The number of hydrogen-bond donors (Lipinski definition) is 0. The Kier molecular flexibility index (Phi) is 5.71. The minimum atomic E-state index is -0.441. The third kappa shape index (κ3) is 3.80. The Bertz CT molecular complexity index is 1110. The lowest BCUT2D eigenvalue weighted by Crippen LogP contribution is -2.46. The normalized spacial score (nSPS) is 20.3. The van der Waals surface area contributed by atoms with Crippen LogP contribution in [0.1, 0.15) is 32.2 Å². The summed E-state index contributed by atoms with van der Waals surface area (Å²) in [5.74, 6) is 0.824. The van der Waals surface area contributed by atoms with Crippen LogP contribution in [-0.2, 0) is 9.59 Å². The highest BCUT2D eigenvalue weighted by atomic mass is 32.1. The van der Waals surface area contributed by atoms with Crippen LogP contribution in [-0.4, -0.2) is 62.7 Å². The van der Waals surface area contributed by atoms with Gasteiger partial charge >= 0.3 is 0 Å². The molecular weight excluding hydrogens is 428 g/mol. The van der Waals surface area contributed by atoms with Crippen molar-refractivity contribution in [2.45, 2.75) is 38.3 Å². The average molecular weight is 453 g/mol. The maximum Gasteiger partial charge on any atom is 0.251 e. The van der Waals surface area contributed by atoms with Gasteiger partial charge in [-0.15, -0.1) is 21.5 Å². The van der Waals surface area contributed by atoms with Crippen molar-refractivity contribution in [2.24, 2.45) is 0 Å². The first kappa shape index (κ1) is 20.8. The first-order chi connectivity index (χ1) is 15.7. The molecule has 1 aromatic carbocycles. The van der Waals surface area contributed by atoms with E-state index >= 15 is 0 Å². The van der Waals surface area contributed by atoms with Crippen molar-refractivity contribution >= 4 is 28.8 Å². The first-order valence-corrected chi connectivity index (χ1v) is 11.7.